The normalized spacial score (nSPS) is 17.7. The van der Waals surface area contributed by atoms with Gasteiger partial charge in [-0.25, -0.2) is 4.98 Å². The van der Waals surface area contributed by atoms with Crippen molar-refractivity contribution in [3.63, 3.8) is 0 Å². The highest BCUT2D eigenvalue weighted by molar-refractivity contribution is 7.07. The molecule has 0 radical (unpaired) electrons. The van der Waals surface area contributed by atoms with Crippen molar-refractivity contribution >= 4 is 11.3 Å². The SMILES string of the molecule is NC(c1cccc(C2CCC2)c1)c1cscn1. The molecular formula is C14H16N2S. The molecule has 1 fully saturated rings. The zero-order valence-corrected chi connectivity index (χ0v) is 10.5. The summed E-state index contributed by atoms with van der Waals surface area (Å²) in [6.07, 6.45) is 4.03. The Hall–Kier alpha value is -1.19. The van der Waals surface area contributed by atoms with Gasteiger partial charge in [0, 0.05) is 5.38 Å². The first-order valence-electron chi connectivity index (χ1n) is 6.08. The van der Waals surface area contributed by atoms with Gasteiger partial charge < -0.3 is 5.73 Å². The van der Waals surface area contributed by atoms with Crippen LogP contribution in [0.5, 0.6) is 0 Å². The number of thiazole rings is 1. The first-order chi connectivity index (χ1) is 8.34. The van der Waals surface area contributed by atoms with Crippen LogP contribution in [0, 0.1) is 0 Å². The van der Waals surface area contributed by atoms with Gasteiger partial charge in [-0.15, -0.1) is 11.3 Å². The first kappa shape index (κ1) is 10.9. The van der Waals surface area contributed by atoms with Crippen molar-refractivity contribution in [2.75, 3.05) is 0 Å². The molecule has 17 heavy (non-hydrogen) atoms. The molecule has 0 bridgehead atoms. The second-order valence-corrected chi connectivity index (χ2v) is 5.41. The topological polar surface area (TPSA) is 38.9 Å². The summed E-state index contributed by atoms with van der Waals surface area (Å²) in [6.45, 7) is 0. The molecule has 0 aliphatic heterocycles. The predicted octanol–water partition coefficient (Wildman–Crippen LogP) is 3.46. The fourth-order valence-corrected chi connectivity index (χ4v) is 2.88. The molecule has 1 saturated carbocycles. The van der Waals surface area contributed by atoms with Gasteiger partial charge in [-0.3, -0.25) is 0 Å². The van der Waals surface area contributed by atoms with Crippen molar-refractivity contribution in [1.82, 2.24) is 4.98 Å². The predicted molar refractivity (Wildman–Crippen MR) is 71.2 cm³/mol. The Kier molecular flexibility index (Phi) is 2.95. The van der Waals surface area contributed by atoms with Crippen LogP contribution in [0.2, 0.25) is 0 Å². The second kappa shape index (κ2) is 4.59. The van der Waals surface area contributed by atoms with Crippen molar-refractivity contribution in [2.24, 2.45) is 5.73 Å². The van der Waals surface area contributed by atoms with E-state index in [-0.39, 0.29) is 6.04 Å². The molecule has 1 atom stereocenters. The molecule has 1 heterocycles. The number of aromatic nitrogens is 1. The van der Waals surface area contributed by atoms with E-state index < -0.39 is 0 Å². The zero-order chi connectivity index (χ0) is 11.7. The van der Waals surface area contributed by atoms with E-state index in [1.54, 1.807) is 11.3 Å². The fourth-order valence-electron chi connectivity index (χ4n) is 2.29. The Morgan fingerprint density at radius 1 is 1.35 bits per heavy atom. The van der Waals surface area contributed by atoms with Gasteiger partial charge in [0.15, 0.2) is 0 Å². The lowest BCUT2D eigenvalue weighted by molar-refractivity contribution is 0.419. The quantitative estimate of drug-likeness (QED) is 0.898. The van der Waals surface area contributed by atoms with Crippen LogP contribution in [0.4, 0.5) is 0 Å². The molecule has 1 aromatic heterocycles. The Bertz CT molecular complexity index is 489. The van der Waals surface area contributed by atoms with Crippen LogP contribution in [-0.2, 0) is 0 Å². The number of hydrogen-bond acceptors (Lipinski definition) is 3. The molecule has 88 valence electrons. The van der Waals surface area contributed by atoms with Crippen molar-refractivity contribution in [3.8, 4) is 0 Å². The maximum Gasteiger partial charge on any atom is 0.0795 e. The number of hydrogen-bond donors (Lipinski definition) is 1. The molecule has 3 rings (SSSR count). The summed E-state index contributed by atoms with van der Waals surface area (Å²) in [6, 6.07) is 8.62. The van der Waals surface area contributed by atoms with Crippen LogP contribution < -0.4 is 5.73 Å². The number of nitrogens with two attached hydrogens (primary N) is 1. The maximum atomic E-state index is 6.23. The first-order valence-corrected chi connectivity index (χ1v) is 7.02. The van der Waals surface area contributed by atoms with Gasteiger partial charge in [0.05, 0.1) is 17.2 Å². The Morgan fingerprint density at radius 2 is 2.24 bits per heavy atom. The van der Waals surface area contributed by atoms with Gasteiger partial charge in [-0.2, -0.15) is 0 Å². The highest BCUT2D eigenvalue weighted by Gasteiger charge is 2.20. The molecule has 2 N–H and O–H groups in total. The Labute approximate surface area is 106 Å². The number of nitrogens with zero attached hydrogens (tertiary/aromatic N) is 1. The third-order valence-corrected chi connectivity index (χ3v) is 4.22. The van der Waals surface area contributed by atoms with E-state index in [1.807, 2.05) is 10.9 Å². The molecule has 0 spiro atoms. The highest BCUT2D eigenvalue weighted by atomic mass is 32.1. The number of rotatable bonds is 3. The van der Waals surface area contributed by atoms with E-state index >= 15 is 0 Å². The minimum atomic E-state index is -0.0822. The fraction of sp³-hybridized carbons (Fsp3) is 0.357. The van der Waals surface area contributed by atoms with Crippen LogP contribution in [0.25, 0.3) is 0 Å². The lowest BCUT2D eigenvalue weighted by Gasteiger charge is -2.26. The summed E-state index contributed by atoms with van der Waals surface area (Å²) in [7, 11) is 0. The number of benzene rings is 1. The van der Waals surface area contributed by atoms with Gasteiger partial charge in [0.2, 0.25) is 0 Å². The molecule has 1 unspecified atom stereocenters. The molecular weight excluding hydrogens is 228 g/mol. The van der Waals surface area contributed by atoms with Gasteiger partial charge in [0.1, 0.15) is 0 Å². The summed E-state index contributed by atoms with van der Waals surface area (Å²) in [4.78, 5) is 4.29. The summed E-state index contributed by atoms with van der Waals surface area (Å²) >= 11 is 1.60. The van der Waals surface area contributed by atoms with Crippen molar-refractivity contribution in [2.45, 2.75) is 31.2 Å². The molecule has 1 aliphatic carbocycles. The standard InChI is InChI=1S/C14H16N2S/c15-14(13-8-17-9-16-13)12-6-2-5-11(7-12)10-3-1-4-10/h2,5-10,14H,1,3-4,15H2. The Balaban J connectivity index is 1.87. The minimum absolute atomic E-state index is 0.0822. The van der Waals surface area contributed by atoms with E-state index in [4.69, 9.17) is 5.73 Å². The van der Waals surface area contributed by atoms with Crippen LogP contribution in [0.3, 0.4) is 0 Å². The largest absolute Gasteiger partial charge is 0.319 e. The monoisotopic (exact) mass is 244 g/mol. The zero-order valence-electron chi connectivity index (χ0n) is 9.67. The lowest BCUT2D eigenvalue weighted by atomic mass is 9.79. The van der Waals surface area contributed by atoms with Gasteiger partial charge in [-0.1, -0.05) is 30.7 Å². The summed E-state index contributed by atoms with van der Waals surface area (Å²) in [5.74, 6) is 0.762. The van der Waals surface area contributed by atoms with E-state index in [0.717, 1.165) is 11.6 Å². The van der Waals surface area contributed by atoms with E-state index in [1.165, 1.54) is 30.4 Å². The third kappa shape index (κ3) is 2.13. The molecule has 1 aromatic carbocycles. The van der Waals surface area contributed by atoms with Gasteiger partial charge in [0.25, 0.3) is 0 Å². The summed E-state index contributed by atoms with van der Waals surface area (Å²) in [5, 5.41) is 2.03. The average Bonchev–Trinajstić information content (AvgIpc) is 2.79. The maximum absolute atomic E-state index is 6.23. The molecule has 0 amide bonds. The molecule has 1 aliphatic rings. The van der Waals surface area contributed by atoms with Crippen LogP contribution >= 0.6 is 11.3 Å². The van der Waals surface area contributed by atoms with Crippen LogP contribution in [0.1, 0.15) is 48.0 Å². The van der Waals surface area contributed by atoms with Gasteiger partial charge in [-0.05, 0) is 29.9 Å². The van der Waals surface area contributed by atoms with Crippen LogP contribution in [-0.4, -0.2) is 4.98 Å². The molecule has 0 saturated heterocycles. The van der Waals surface area contributed by atoms with E-state index in [9.17, 15) is 0 Å². The van der Waals surface area contributed by atoms with Gasteiger partial charge >= 0.3 is 0 Å². The van der Waals surface area contributed by atoms with Crippen molar-refractivity contribution < 1.29 is 0 Å². The van der Waals surface area contributed by atoms with Crippen LogP contribution in [0.15, 0.2) is 35.2 Å². The van der Waals surface area contributed by atoms with Crippen molar-refractivity contribution in [3.05, 3.63) is 52.0 Å². The second-order valence-electron chi connectivity index (χ2n) is 4.69. The summed E-state index contributed by atoms with van der Waals surface area (Å²) in [5.41, 5.74) is 11.7. The van der Waals surface area contributed by atoms with Crippen molar-refractivity contribution in [1.29, 1.82) is 0 Å². The smallest absolute Gasteiger partial charge is 0.0795 e. The summed E-state index contributed by atoms with van der Waals surface area (Å²) < 4.78 is 0. The van der Waals surface area contributed by atoms with E-state index in [2.05, 4.69) is 29.2 Å². The Morgan fingerprint density at radius 3 is 2.88 bits per heavy atom. The molecule has 2 nitrogen and oxygen atoms in total. The minimum Gasteiger partial charge on any atom is -0.319 e. The highest BCUT2D eigenvalue weighted by Crippen LogP contribution is 2.37. The third-order valence-electron chi connectivity index (χ3n) is 3.62. The lowest BCUT2D eigenvalue weighted by Crippen LogP contribution is -2.14. The average molecular weight is 244 g/mol. The van der Waals surface area contributed by atoms with E-state index in [0.29, 0.717) is 0 Å². The molecule has 3 heteroatoms. The molecule has 2 aromatic rings.